The lowest BCUT2D eigenvalue weighted by Gasteiger charge is -2.21. The molecule has 0 saturated carbocycles. The summed E-state index contributed by atoms with van der Waals surface area (Å²) in [4.78, 5) is 12.2. The van der Waals surface area contributed by atoms with Gasteiger partial charge in [0.1, 0.15) is 11.6 Å². The molecule has 1 aromatic heterocycles. The van der Waals surface area contributed by atoms with Gasteiger partial charge in [-0.1, -0.05) is 0 Å². The maximum Gasteiger partial charge on any atom is 0.224 e. The molecule has 6 nitrogen and oxygen atoms in total. The van der Waals surface area contributed by atoms with E-state index in [9.17, 15) is 9.18 Å². The highest BCUT2D eigenvalue weighted by molar-refractivity contribution is 5.79. The van der Waals surface area contributed by atoms with Gasteiger partial charge in [-0.3, -0.25) is 9.48 Å². The van der Waals surface area contributed by atoms with Crippen molar-refractivity contribution in [1.82, 2.24) is 15.1 Å². The first-order valence-electron chi connectivity index (χ1n) is 8.23. The number of fused-ring (bicyclic) bond motifs is 1. The predicted molar refractivity (Wildman–Crippen MR) is 89.8 cm³/mol. The van der Waals surface area contributed by atoms with Crippen LogP contribution in [0.5, 0.6) is 5.75 Å². The van der Waals surface area contributed by atoms with Crippen molar-refractivity contribution in [3.8, 4) is 5.75 Å². The van der Waals surface area contributed by atoms with Crippen LogP contribution in [-0.4, -0.2) is 29.0 Å². The molecule has 2 heterocycles. The number of carbonyl (C=O) groups is 1. The van der Waals surface area contributed by atoms with Gasteiger partial charge in [-0.25, -0.2) is 4.39 Å². The number of nitrogens with one attached hydrogen (secondary N) is 1. The number of aromatic nitrogens is 2. The molecule has 0 fully saturated rings. The van der Waals surface area contributed by atoms with Crippen LogP contribution in [0.15, 0.2) is 12.1 Å². The molecule has 1 N–H and O–H groups in total. The van der Waals surface area contributed by atoms with Crippen LogP contribution >= 0.6 is 0 Å². The molecule has 1 aliphatic rings. The molecule has 134 valence electrons. The molecule has 3 rings (SSSR count). The summed E-state index contributed by atoms with van der Waals surface area (Å²) in [6.45, 7) is 4.76. The molecule has 0 bridgehead atoms. The van der Waals surface area contributed by atoms with Crippen molar-refractivity contribution in [2.45, 2.75) is 33.3 Å². The van der Waals surface area contributed by atoms with Crippen LogP contribution in [0.1, 0.15) is 28.1 Å². The Labute approximate surface area is 145 Å². The minimum absolute atomic E-state index is 0.0753. The van der Waals surface area contributed by atoms with E-state index in [0.717, 1.165) is 22.5 Å². The molecule has 0 aliphatic carbocycles. The number of carbonyl (C=O) groups excluding carboxylic acids is 1. The Morgan fingerprint density at radius 2 is 2.20 bits per heavy atom. The Bertz CT molecular complexity index is 801. The van der Waals surface area contributed by atoms with Crippen molar-refractivity contribution in [2.75, 3.05) is 13.3 Å². The first-order valence-corrected chi connectivity index (χ1v) is 8.23. The van der Waals surface area contributed by atoms with E-state index in [1.807, 2.05) is 20.9 Å². The maximum atomic E-state index is 13.7. The van der Waals surface area contributed by atoms with Crippen LogP contribution in [0, 0.1) is 19.7 Å². The summed E-state index contributed by atoms with van der Waals surface area (Å²) >= 11 is 0. The van der Waals surface area contributed by atoms with Crippen molar-refractivity contribution in [3.63, 3.8) is 0 Å². The SMILES string of the molecule is Cc1nn(C)c(C)c1CC(=O)NCCc1cc(F)cc2c1OCOC2. The normalized spacial score (nSPS) is 13.3. The minimum Gasteiger partial charge on any atom is -0.467 e. The quantitative estimate of drug-likeness (QED) is 0.898. The summed E-state index contributed by atoms with van der Waals surface area (Å²) in [6, 6.07) is 2.87. The minimum atomic E-state index is -0.323. The molecular formula is C18H22FN3O3. The van der Waals surface area contributed by atoms with Gasteiger partial charge in [0.15, 0.2) is 6.79 Å². The maximum absolute atomic E-state index is 13.7. The highest BCUT2D eigenvalue weighted by Crippen LogP contribution is 2.29. The third-order valence-corrected chi connectivity index (χ3v) is 4.46. The second-order valence-corrected chi connectivity index (χ2v) is 6.21. The second-order valence-electron chi connectivity index (χ2n) is 6.21. The summed E-state index contributed by atoms with van der Waals surface area (Å²) in [5.41, 5.74) is 4.24. The molecule has 7 heteroatoms. The number of nitrogens with zero attached hydrogens (tertiary/aromatic N) is 2. The van der Waals surface area contributed by atoms with Crippen LogP contribution < -0.4 is 10.1 Å². The Morgan fingerprint density at radius 3 is 2.92 bits per heavy atom. The van der Waals surface area contributed by atoms with Gasteiger partial charge < -0.3 is 14.8 Å². The van der Waals surface area contributed by atoms with Gasteiger partial charge in [0.25, 0.3) is 0 Å². The summed E-state index contributed by atoms with van der Waals surface area (Å²) in [7, 11) is 1.86. The van der Waals surface area contributed by atoms with Crippen molar-refractivity contribution < 1.29 is 18.7 Å². The van der Waals surface area contributed by atoms with Gasteiger partial charge >= 0.3 is 0 Å². The zero-order valence-corrected chi connectivity index (χ0v) is 14.7. The number of aryl methyl sites for hydroxylation is 2. The third-order valence-electron chi connectivity index (χ3n) is 4.46. The van der Waals surface area contributed by atoms with Gasteiger partial charge in [0.05, 0.1) is 18.7 Å². The molecule has 25 heavy (non-hydrogen) atoms. The number of rotatable bonds is 5. The van der Waals surface area contributed by atoms with E-state index >= 15 is 0 Å². The highest BCUT2D eigenvalue weighted by Gasteiger charge is 2.17. The Balaban J connectivity index is 1.60. The predicted octanol–water partition coefficient (Wildman–Crippen LogP) is 1.94. The topological polar surface area (TPSA) is 65.4 Å². The zero-order valence-electron chi connectivity index (χ0n) is 14.7. The third kappa shape index (κ3) is 3.82. The molecule has 0 radical (unpaired) electrons. The van der Waals surface area contributed by atoms with E-state index in [1.165, 1.54) is 12.1 Å². The van der Waals surface area contributed by atoms with Gasteiger partial charge in [-0.15, -0.1) is 0 Å². The van der Waals surface area contributed by atoms with Crippen molar-refractivity contribution >= 4 is 5.91 Å². The molecule has 0 spiro atoms. The second kappa shape index (κ2) is 7.23. The lowest BCUT2D eigenvalue weighted by molar-refractivity contribution is -0.120. The first-order chi connectivity index (χ1) is 12.0. The fourth-order valence-electron chi connectivity index (χ4n) is 3.08. The molecule has 1 aromatic carbocycles. The van der Waals surface area contributed by atoms with Crippen LogP contribution in [-0.2, 0) is 36.0 Å². The van der Waals surface area contributed by atoms with Crippen LogP contribution in [0.4, 0.5) is 4.39 Å². The Hall–Kier alpha value is -2.41. The van der Waals surface area contributed by atoms with Crippen molar-refractivity contribution in [3.05, 3.63) is 46.0 Å². The largest absolute Gasteiger partial charge is 0.467 e. The summed E-state index contributed by atoms with van der Waals surface area (Å²) in [5, 5.41) is 7.20. The number of hydrogen-bond acceptors (Lipinski definition) is 4. The molecule has 0 saturated heterocycles. The van der Waals surface area contributed by atoms with Crippen molar-refractivity contribution in [2.24, 2.45) is 7.05 Å². The average molecular weight is 347 g/mol. The fraction of sp³-hybridized carbons (Fsp3) is 0.444. The lowest BCUT2D eigenvalue weighted by Crippen LogP contribution is -2.28. The van der Waals surface area contributed by atoms with Gasteiger partial charge in [0, 0.05) is 30.4 Å². The number of ether oxygens (including phenoxy) is 2. The number of hydrogen-bond donors (Lipinski definition) is 1. The molecule has 1 aliphatic heterocycles. The van der Waals surface area contributed by atoms with E-state index in [4.69, 9.17) is 9.47 Å². The molecule has 0 unspecified atom stereocenters. The summed E-state index contributed by atoms with van der Waals surface area (Å²) < 4.78 is 26.1. The number of halogens is 1. The molecule has 1 amide bonds. The lowest BCUT2D eigenvalue weighted by atomic mass is 10.1. The Morgan fingerprint density at radius 1 is 1.40 bits per heavy atom. The molecule has 0 atom stereocenters. The zero-order chi connectivity index (χ0) is 18.0. The van der Waals surface area contributed by atoms with E-state index in [1.54, 1.807) is 4.68 Å². The van der Waals surface area contributed by atoms with Crippen LogP contribution in [0.25, 0.3) is 0 Å². The fourth-order valence-corrected chi connectivity index (χ4v) is 3.08. The average Bonchev–Trinajstić information content (AvgIpc) is 2.81. The summed E-state index contributed by atoms with van der Waals surface area (Å²) in [6.07, 6.45) is 0.786. The highest BCUT2D eigenvalue weighted by atomic mass is 19.1. The monoisotopic (exact) mass is 347 g/mol. The van der Waals surface area contributed by atoms with Gasteiger partial charge in [-0.05, 0) is 38.0 Å². The van der Waals surface area contributed by atoms with Gasteiger partial charge in [0.2, 0.25) is 5.91 Å². The van der Waals surface area contributed by atoms with Crippen LogP contribution in [0.3, 0.4) is 0 Å². The number of amides is 1. The van der Waals surface area contributed by atoms with E-state index < -0.39 is 0 Å². The van der Waals surface area contributed by atoms with E-state index in [2.05, 4.69) is 10.4 Å². The number of benzene rings is 1. The smallest absolute Gasteiger partial charge is 0.224 e. The van der Waals surface area contributed by atoms with Crippen LogP contribution in [0.2, 0.25) is 0 Å². The van der Waals surface area contributed by atoms with Crippen molar-refractivity contribution in [1.29, 1.82) is 0 Å². The molecule has 2 aromatic rings. The molecular weight excluding hydrogens is 325 g/mol. The standard InChI is InChI=1S/C18H22FN3O3/c1-11-16(12(2)22(3)21-11)8-17(23)20-5-4-13-6-15(19)7-14-9-24-10-25-18(13)14/h6-7H,4-5,8-10H2,1-3H3,(H,20,23). The Kier molecular flexibility index (Phi) is 5.03. The van der Waals surface area contributed by atoms with E-state index in [0.29, 0.717) is 30.9 Å². The van der Waals surface area contributed by atoms with Gasteiger partial charge in [-0.2, -0.15) is 5.10 Å². The van der Waals surface area contributed by atoms with E-state index in [-0.39, 0.29) is 24.9 Å². The summed E-state index contributed by atoms with van der Waals surface area (Å²) in [5.74, 6) is 0.269. The first kappa shape index (κ1) is 17.4.